The van der Waals surface area contributed by atoms with E-state index in [1.165, 1.54) is 67.7 Å². The van der Waals surface area contributed by atoms with Gasteiger partial charge in [0.2, 0.25) is 5.91 Å². The molecule has 6 rings (SSSR count). The van der Waals surface area contributed by atoms with Crippen LogP contribution in [0.2, 0.25) is 0 Å². The molecule has 2 aromatic heterocycles. The number of carbonyl (C=O) groups is 2. The molecule has 9 unspecified atom stereocenters. The molecule has 104 heavy (non-hydrogen) atoms. The lowest BCUT2D eigenvalue weighted by Crippen LogP contribution is -2.37. The fourth-order valence-electron chi connectivity index (χ4n) is 8.34. The van der Waals surface area contributed by atoms with Crippen LogP contribution in [-0.4, -0.2) is 165 Å². The number of nitrogens with zero attached hydrogens (tertiary/aromatic N) is 4. The highest BCUT2D eigenvalue weighted by atomic mass is 33.1. The Kier molecular flexibility index (Phi) is 40.3. The molecule has 0 saturated carbocycles. The number of amides is 3. The van der Waals surface area contributed by atoms with Gasteiger partial charge in [0.25, 0.3) is 0 Å². The predicted octanol–water partition coefficient (Wildman–Crippen LogP) is 4.40. The molecular weight excluding hydrogens is 1590 g/mol. The van der Waals surface area contributed by atoms with Gasteiger partial charge >= 0.3 is 64.3 Å². The van der Waals surface area contributed by atoms with Crippen molar-refractivity contribution in [3.63, 3.8) is 0 Å². The van der Waals surface area contributed by atoms with Crippen LogP contribution in [0.15, 0.2) is 34.1 Å². The monoisotopic (exact) mass is 1670 g/mol. The first-order valence-corrected chi connectivity index (χ1v) is 44.5. The third-order valence-corrected chi connectivity index (χ3v) is 27.7. The van der Waals surface area contributed by atoms with Gasteiger partial charge in [-0.2, -0.15) is 39.0 Å². The van der Waals surface area contributed by atoms with Gasteiger partial charge in [0.05, 0.1) is 37.5 Å². The Morgan fingerprint density at radius 3 is 1.51 bits per heavy atom. The molecule has 38 nitrogen and oxygen atoms in total. The number of terminal acetylenes is 1. The number of phosphoric acid groups is 6. The van der Waals surface area contributed by atoms with Gasteiger partial charge in [0, 0.05) is 65.2 Å². The fraction of sp³-hybridized carbons (Fsp3) is 0.564. The number of hydrogen-bond donors (Lipinski definition) is 14. The van der Waals surface area contributed by atoms with Gasteiger partial charge in [-0.1, -0.05) is 67.4 Å². The molecule has 0 radical (unpaired) electrons. The van der Waals surface area contributed by atoms with Crippen molar-refractivity contribution in [2.24, 2.45) is 5.73 Å². The molecule has 3 amide bonds. The van der Waals surface area contributed by atoms with Crippen molar-refractivity contribution in [1.29, 1.82) is 0 Å². The number of nitrogens with two attached hydrogens (primary N) is 3. The molecule has 0 spiro atoms. The number of thioether (sulfide) groups is 1. The van der Waals surface area contributed by atoms with Crippen LogP contribution >= 0.6 is 102 Å². The molecule has 2 aromatic rings. The van der Waals surface area contributed by atoms with Crippen LogP contribution in [0.25, 0.3) is 0 Å². The van der Waals surface area contributed by atoms with E-state index in [0.29, 0.717) is 24.8 Å². The van der Waals surface area contributed by atoms with Crippen molar-refractivity contribution < 1.29 is 121 Å². The Labute approximate surface area is 618 Å². The number of rotatable bonds is 34. The van der Waals surface area contributed by atoms with Crippen molar-refractivity contribution in [3.05, 3.63) is 45.5 Å². The number of carbonyl (C=O) groups excluding carboxylic acids is 2. The van der Waals surface area contributed by atoms with E-state index in [2.05, 4.69) is 125 Å². The van der Waals surface area contributed by atoms with Crippen LogP contribution in [0.4, 0.5) is 16.4 Å². The Morgan fingerprint density at radius 2 is 1.10 bits per heavy atom. The van der Waals surface area contributed by atoms with E-state index in [0.717, 1.165) is 34.1 Å². The topological polar surface area (TPSA) is 575 Å². The number of ether oxygens (including phenoxy) is 4. The van der Waals surface area contributed by atoms with Crippen molar-refractivity contribution in [2.45, 2.75) is 151 Å². The Hall–Kier alpha value is -4.61. The van der Waals surface area contributed by atoms with Crippen LogP contribution in [-0.2, 0) is 77.4 Å². The lowest BCUT2D eigenvalue weighted by atomic mass is 10.0. The second kappa shape index (κ2) is 44.8. The highest BCUT2D eigenvalue weighted by molar-refractivity contribution is 8.77. The van der Waals surface area contributed by atoms with E-state index < -0.39 is 113 Å². The van der Waals surface area contributed by atoms with Crippen LogP contribution in [0, 0.1) is 83.4 Å². The maximum Gasteiger partial charge on any atom is 0.490 e. The summed E-state index contributed by atoms with van der Waals surface area (Å²) in [5, 5.41) is 9.18. The van der Waals surface area contributed by atoms with Crippen molar-refractivity contribution in [1.82, 2.24) is 35.1 Å². The lowest BCUT2D eigenvalue weighted by molar-refractivity contribution is -0.121. The Bertz CT molecular complexity index is 4110. The maximum atomic E-state index is 12.5. The largest absolute Gasteiger partial charge is 0.490 e. The van der Waals surface area contributed by atoms with E-state index in [4.69, 9.17) is 66.7 Å². The van der Waals surface area contributed by atoms with Crippen LogP contribution < -0.4 is 44.5 Å². The number of nitrogens with one attached hydrogen (secondary N) is 3. The lowest BCUT2D eigenvalue weighted by Gasteiger charge is -2.24. The normalized spacial score (nSPS) is 22.4. The molecule has 17 N–H and O–H groups in total. The number of urea groups is 1. The molecule has 0 aromatic carbocycles. The van der Waals surface area contributed by atoms with Gasteiger partial charge in [-0.15, -0.1) is 6.42 Å². The van der Waals surface area contributed by atoms with Crippen LogP contribution in [0.1, 0.15) is 99.4 Å². The van der Waals surface area contributed by atoms with Crippen molar-refractivity contribution in [2.75, 3.05) is 55.4 Å². The summed E-state index contributed by atoms with van der Waals surface area (Å²) >= 11 is 1.84. The van der Waals surface area contributed by atoms with E-state index in [-0.39, 0.29) is 65.1 Å². The first-order chi connectivity index (χ1) is 48.5. The molecule has 6 heterocycles. The standard InChI is InChI=1S/C24H41N6O15P3S3.C14H27N4O13P3S2.C9H4.C8H6/c1-24(2,12-26-19(31)6-4-3-5-17-21-14(11-49-17)27-22(32)29-21)51-50-13-41-15-9-20(30-8-7-18(25)28-23(30)33)43-16(15)10-42-47(37,38)45-48(39,40)44-46(34,35)36;1-14(2,7-15)36-35-8-27-9-5-12(18-4-3-11(16)17-13(18)19)29-10(9)6-28-33(23,24)31-34(25,26)30-32(20,21)22;1-3-5-7-9-8-6-4-2;1-3-5-7-8-6-4-2/h7-8,14-17,20-21H,3-6,9-13H2,1-2H3,(H,26,31)(H,37,38)(H,39,40)(H2,25,28,33)(H2,27,29,32)(H2,34,35,36);3-4,9-10,12H,5-8,15H2,1-2H3,(H,23,24)(H,25,26)(H2,16,17,19)(H2,20,21,22);1H,2H3;1-2H3/t14?,15?,16-,17?,20-,21?;9?,10-,12-;;/m11../s1. The summed E-state index contributed by atoms with van der Waals surface area (Å²) in [5.74, 6) is 33.4. The minimum absolute atomic E-state index is 0.0119. The van der Waals surface area contributed by atoms with E-state index in [1.54, 1.807) is 20.8 Å². The zero-order valence-electron chi connectivity index (χ0n) is 56.3. The number of unbranched alkanes of at least 4 members (excludes halogenated alkanes) is 1. The van der Waals surface area contributed by atoms with Gasteiger partial charge in [-0.3, -0.25) is 23.0 Å². The van der Waals surface area contributed by atoms with E-state index in [1.807, 2.05) is 39.5 Å². The summed E-state index contributed by atoms with van der Waals surface area (Å²) in [4.78, 5) is 129. The molecule has 0 aliphatic carbocycles. The van der Waals surface area contributed by atoms with Gasteiger partial charge in [0.1, 0.15) is 48.2 Å². The van der Waals surface area contributed by atoms with Crippen molar-refractivity contribution >= 4 is 125 Å². The second-order valence-corrected chi connectivity index (χ2v) is 38.0. The molecule has 4 saturated heterocycles. The molecule has 4 fully saturated rings. The molecule has 13 atom stereocenters. The Morgan fingerprint density at radius 1 is 0.663 bits per heavy atom. The van der Waals surface area contributed by atoms with Gasteiger partial charge in [-0.25, -0.2) is 41.8 Å². The number of anilines is 2. The zero-order valence-corrected chi connectivity index (χ0v) is 65.7. The van der Waals surface area contributed by atoms with Gasteiger partial charge < -0.3 is 91.2 Å². The smallest absolute Gasteiger partial charge is 0.383 e. The van der Waals surface area contributed by atoms with Crippen LogP contribution in [0.5, 0.6) is 0 Å². The summed E-state index contributed by atoms with van der Waals surface area (Å²) in [6.45, 7) is 12.2. The van der Waals surface area contributed by atoms with Gasteiger partial charge in [0.15, 0.2) is 0 Å². The summed E-state index contributed by atoms with van der Waals surface area (Å²) in [5.41, 5.74) is 15.3. The quantitative estimate of drug-likeness (QED) is 0.0115. The van der Waals surface area contributed by atoms with Crippen LogP contribution in [0.3, 0.4) is 0 Å². The zero-order chi connectivity index (χ0) is 78.2. The van der Waals surface area contributed by atoms with Gasteiger partial charge in [-0.05, 0) is 133 Å². The minimum Gasteiger partial charge on any atom is -0.383 e. The highest BCUT2D eigenvalue weighted by Gasteiger charge is 2.47. The molecular formula is C55H78N10O28P6S5. The number of fused-ring (bicyclic) bond motifs is 1. The predicted molar refractivity (Wildman–Crippen MR) is 389 cm³/mol. The van der Waals surface area contributed by atoms with Crippen molar-refractivity contribution in [3.8, 4) is 83.4 Å². The van der Waals surface area contributed by atoms with E-state index >= 15 is 0 Å². The third kappa shape index (κ3) is 38.5. The molecule has 576 valence electrons. The highest BCUT2D eigenvalue weighted by Crippen LogP contribution is 2.67. The number of aromatic nitrogens is 4. The molecule has 0 bridgehead atoms. The number of phosphoric ester groups is 2. The number of hydrogen-bond acceptors (Lipinski definition) is 30. The molecule has 4 aliphatic heterocycles. The average molecular weight is 1670 g/mol. The summed E-state index contributed by atoms with van der Waals surface area (Å²) in [7, 11) is -27.8. The van der Waals surface area contributed by atoms with E-state index in [9.17, 15) is 66.1 Å². The first-order valence-electron chi connectivity index (χ1n) is 29.7. The summed E-state index contributed by atoms with van der Waals surface area (Å²) < 4.78 is 118. The summed E-state index contributed by atoms with van der Waals surface area (Å²) in [6.07, 6.45) is 4.69. The maximum absolute atomic E-state index is 12.5. The first kappa shape index (κ1) is 93.6. The average Bonchev–Trinajstić information content (AvgIpc) is 1.68. The molecule has 49 heteroatoms. The fourth-order valence-corrected chi connectivity index (χ4v) is 20.3. The Balaban J connectivity index is 0.000000456. The molecule has 4 aliphatic rings. The minimum atomic E-state index is -5.74. The SMILES string of the molecule is C#CC#CC#CC#CC.CC#CC#CC#CC.CC(C)(CN)SSCOC1C[C@H](n2ccc(N)nc2=O)O[C@@H]1COP(=O)(O)OP(=O)(O)OP(=O)(O)O.CC(C)(CNC(=O)CCCCC1SCC2NC(=O)NC21)SSCOC1C[C@H](n2ccc(N)nc2=O)O[C@@H]1COP(=O)(O)OP(=O)(O)OP(=O)(O)O. The summed E-state index contributed by atoms with van der Waals surface area (Å²) in [6, 6.07) is 2.90. The number of nitrogen functional groups attached to an aromatic ring is 2. The second-order valence-electron chi connectivity index (χ2n) is 22.0. The third-order valence-electron chi connectivity index (χ3n) is 12.7.